The first kappa shape index (κ1) is 23.3. The molecule has 172 valence electrons. The summed E-state index contributed by atoms with van der Waals surface area (Å²) in [7, 11) is 0. The molecule has 8 heteroatoms. The Morgan fingerprint density at radius 3 is 2.26 bits per heavy atom. The molecule has 2 heterocycles. The first-order valence-corrected chi connectivity index (χ1v) is 11.6. The zero-order valence-corrected chi connectivity index (χ0v) is 19.1. The van der Waals surface area contributed by atoms with Crippen molar-refractivity contribution in [1.29, 1.82) is 0 Å². The number of nitrogens with zero attached hydrogens (tertiary/aromatic N) is 4. The molecule has 3 rings (SSSR count). The molecule has 2 fully saturated rings. The van der Waals surface area contributed by atoms with Crippen molar-refractivity contribution in [3.63, 3.8) is 0 Å². The van der Waals surface area contributed by atoms with Crippen molar-refractivity contribution in [2.45, 2.75) is 45.8 Å². The van der Waals surface area contributed by atoms with E-state index in [0.29, 0.717) is 32.2 Å². The second kappa shape index (κ2) is 11.9. The zero-order chi connectivity index (χ0) is 22.1. The van der Waals surface area contributed by atoms with E-state index in [4.69, 9.17) is 10.5 Å². The Kier molecular flexibility index (Phi) is 8.97. The molecule has 2 saturated heterocycles. The first-order valence-electron chi connectivity index (χ1n) is 11.6. The Morgan fingerprint density at radius 1 is 1.03 bits per heavy atom. The predicted octanol–water partition coefficient (Wildman–Crippen LogP) is 1.85. The summed E-state index contributed by atoms with van der Waals surface area (Å²) in [5.74, 6) is 0.465. The maximum absolute atomic E-state index is 11.8. The average molecular weight is 431 g/mol. The first-order chi connectivity index (χ1) is 15.1. The standard InChI is InChI=1S/C23H38N6O2/c1-3-27-13-15-28(16-14-27)18-20-7-5-19(6-8-20)17-25-22(24)26-21-9-11-29(12-10-21)23(30)31-4-2/h5-8,21H,3-4,9-18H2,1-2H3,(H3,24,25,26). The third kappa shape index (κ3) is 7.40. The van der Waals surface area contributed by atoms with Gasteiger partial charge in [-0.2, -0.15) is 0 Å². The lowest BCUT2D eigenvalue weighted by molar-refractivity contribution is 0.0963. The van der Waals surface area contributed by atoms with Gasteiger partial charge in [0, 0.05) is 51.9 Å². The number of piperidine rings is 1. The van der Waals surface area contributed by atoms with Crippen LogP contribution in [0.5, 0.6) is 0 Å². The third-order valence-corrected chi connectivity index (χ3v) is 6.15. The molecule has 2 aliphatic heterocycles. The highest BCUT2D eigenvalue weighted by Crippen LogP contribution is 2.13. The monoisotopic (exact) mass is 430 g/mol. The fraction of sp³-hybridized carbons (Fsp3) is 0.652. The maximum Gasteiger partial charge on any atom is 0.409 e. The van der Waals surface area contributed by atoms with Gasteiger partial charge in [-0.05, 0) is 37.4 Å². The number of likely N-dealkylation sites (N-methyl/N-ethyl adjacent to an activating group) is 1. The molecule has 8 nitrogen and oxygen atoms in total. The van der Waals surface area contributed by atoms with Crippen LogP contribution in [0.2, 0.25) is 0 Å². The third-order valence-electron chi connectivity index (χ3n) is 6.15. The number of nitrogens with one attached hydrogen (secondary N) is 1. The number of likely N-dealkylation sites (tertiary alicyclic amines) is 1. The summed E-state index contributed by atoms with van der Waals surface area (Å²) in [5, 5.41) is 3.29. The number of carbonyl (C=O) groups is 1. The van der Waals surface area contributed by atoms with Gasteiger partial charge in [-0.25, -0.2) is 9.79 Å². The number of hydrogen-bond acceptors (Lipinski definition) is 5. The van der Waals surface area contributed by atoms with Crippen LogP contribution in [-0.4, -0.2) is 85.2 Å². The van der Waals surface area contributed by atoms with Gasteiger partial charge in [-0.1, -0.05) is 31.2 Å². The molecule has 31 heavy (non-hydrogen) atoms. The Hall–Kier alpha value is -2.32. The van der Waals surface area contributed by atoms with Crippen molar-refractivity contribution >= 4 is 12.1 Å². The number of hydrogen-bond donors (Lipinski definition) is 2. The van der Waals surface area contributed by atoms with E-state index in [0.717, 1.165) is 57.7 Å². The molecule has 0 spiro atoms. The lowest BCUT2D eigenvalue weighted by Crippen LogP contribution is -2.48. The van der Waals surface area contributed by atoms with Crippen LogP contribution in [0.25, 0.3) is 0 Å². The van der Waals surface area contributed by atoms with Crippen molar-refractivity contribution in [2.75, 3.05) is 52.4 Å². The lowest BCUT2D eigenvalue weighted by Gasteiger charge is -2.34. The van der Waals surface area contributed by atoms with Gasteiger partial charge in [0.15, 0.2) is 5.96 Å². The summed E-state index contributed by atoms with van der Waals surface area (Å²) < 4.78 is 5.06. The highest BCUT2D eigenvalue weighted by molar-refractivity contribution is 5.78. The SMILES string of the molecule is CCOC(=O)N1CCC(NC(N)=NCc2ccc(CN3CCN(CC)CC3)cc2)CC1. The Morgan fingerprint density at radius 2 is 1.65 bits per heavy atom. The van der Waals surface area contributed by atoms with Gasteiger partial charge in [-0.3, -0.25) is 4.90 Å². The normalized spacial score (nSPS) is 19.4. The Bertz CT molecular complexity index is 707. The minimum Gasteiger partial charge on any atom is -0.450 e. The second-order valence-corrected chi connectivity index (χ2v) is 8.33. The topological polar surface area (TPSA) is 86.4 Å². The molecule has 0 atom stereocenters. The number of guanidine groups is 1. The molecule has 0 unspecified atom stereocenters. The highest BCUT2D eigenvalue weighted by Gasteiger charge is 2.23. The molecule has 0 saturated carbocycles. The number of carbonyl (C=O) groups excluding carboxylic acids is 1. The van der Waals surface area contributed by atoms with Crippen molar-refractivity contribution in [1.82, 2.24) is 20.0 Å². The number of ether oxygens (including phenoxy) is 1. The zero-order valence-electron chi connectivity index (χ0n) is 19.1. The molecule has 0 aliphatic carbocycles. The number of nitrogens with two attached hydrogens (primary N) is 1. The lowest BCUT2D eigenvalue weighted by atomic mass is 10.1. The quantitative estimate of drug-likeness (QED) is 0.507. The molecule has 3 N–H and O–H groups in total. The maximum atomic E-state index is 11.8. The van der Waals surface area contributed by atoms with E-state index in [2.05, 4.69) is 51.3 Å². The number of benzene rings is 1. The van der Waals surface area contributed by atoms with E-state index in [9.17, 15) is 4.79 Å². The van der Waals surface area contributed by atoms with E-state index in [1.807, 2.05) is 6.92 Å². The predicted molar refractivity (Wildman–Crippen MR) is 124 cm³/mol. The Balaban J connectivity index is 1.38. The summed E-state index contributed by atoms with van der Waals surface area (Å²) in [4.78, 5) is 23.0. The van der Waals surface area contributed by atoms with Gasteiger partial charge in [0.2, 0.25) is 0 Å². The molecule has 0 radical (unpaired) electrons. The van der Waals surface area contributed by atoms with Crippen LogP contribution in [-0.2, 0) is 17.8 Å². The number of rotatable bonds is 7. The van der Waals surface area contributed by atoms with Crippen molar-refractivity contribution < 1.29 is 9.53 Å². The smallest absolute Gasteiger partial charge is 0.409 e. The number of amides is 1. The van der Waals surface area contributed by atoms with Crippen LogP contribution in [0.15, 0.2) is 29.3 Å². The van der Waals surface area contributed by atoms with Crippen LogP contribution in [0.4, 0.5) is 4.79 Å². The van der Waals surface area contributed by atoms with Gasteiger partial charge < -0.3 is 25.6 Å². The molecular formula is C23H38N6O2. The largest absolute Gasteiger partial charge is 0.450 e. The van der Waals surface area contributed by atoms with E-state index in [-0.39, 0.29) is 12.1 Å². The highest BCUT2D eigenvalue weighted by atomic mass is 16.6. The summed E-state index contributed by atoms with van der Waals surface area (Å²) in [6.07, 6.45) is 1.46. The second-order valence-electron chi connectivity index (χ2n) is 8.33. The van der Waals surface area contributed by atoms with Gasteiger partial charge in [-0.15, -0.1) is 0 Å². The molecule has 0 bridgehead atoms. The van der Waals surface area contributed by atoms with Crippen LogP contribution in [0.1, 0.15) is 37.8 Å². The van der Waals surface area contributed by atoms with Crippen LogP contribution in [0.3, 0.4) is 0 Å². The molecule has 1 amide bonds. The molecule has 1 aromatic carbocycles. The summed E-state index contributed by atoms with van der Waals surface area (Å²) >= 11 is 0. The molecular weight excluding hydrogens is 392 g/mol. The fourth-order valence-corrected chi connectivity index (χ4v) is 4.12. The minimum atomic E-state index is -0.228. The van der Waals surface area contributed by atoms with Crippen molar-refractivity contribution in [3.05, 3.63) is 35.4 Å². The van der Waals surface area contributed by atoms with E-state index in [1.54, 1.807) is 4.90 Å². The number of aliphatic imine (C=N–C) groups is 1. The summed E-state index contributed by atoms with van der Waals surface area (Å²) in [5.41, 5.74) is 8.59. The average Bonchev–Trinajstić information content (AvgIpc) is 2.80. The Labute approximate surface area is 186 Å². The van der Waals surface area contributed by atoms with Crippen molar-refractivity contribution in [3.8, 4) is 0 Å². The van der Waals surface area contributed by atoms with E-state index < -0.39 is 0 Å². The van der Waals surface area contributed by atoms with Gasteiger partial charge in [0.05, 0.1) is 13.2 Å². The molecule has 2 aliphatic rings. The summed E-state index contributed by atoms with van der Waals surface area (Å²) in [6.45, 7) is 13.2. The minimum absolute atomic E-state index is 0.228. The van der Waals surface area contributed by atoms with E-state index in [1.165, 1.54) is 5.56 Å². The fourth-order valence-electron chi connectivity index (χ4n) is 4.12. The van der Waals surface area contributed by atoms with Crippen LogP contribution >= 0.6 is 0 Å². The number of piperazine rings is 1. The molecule has 0 aromatic heterocycles. The van der Waals surface area contributed by atoms with Crippen LogP contribution < -0.4 is 11.1 Å². The summed E-state index contributed by atoms with van der Waals surface area (Å²) in [6, 6.07) is 8.93. The molecule has 1 aromatic rings. The van der Waals surface area contributed by atoms with Gasteiger partial charge >= 0.3 is 6.09 Å². The van der Waals surface area contributed by atoms with Gasteiger partial charge in [0.25, 0.3) is 0 Å². The van der Waals surface area contributed by atoms with Gasteiger partial charge in [0.1, 0.15) is 0 Å². The van der Waals surface area contributed by atoms with Crippen LogP contribution in [0, 0.1) is 0 Å². The van der Waals surface area contributed by atoms with E-state index >= 15 is 0 Å². The van der Waals surface area contributed by atoms with Crippen molar-refractivity contribution in [2.24, 2.45) is 10.7 Å².